The third kappa shape index (κ3) is 4.47. The van der Waals surface area contributed by atoms with E-state index < -0.39 is 0 Å². The van der Waals surface area contributed by atoms with Crippen molar-refractivity contribution >= 4 is 32.7 Å². The molecule has 5 rings (SSSR count). The van der Waals surface area contributed by atoms with Crippen molar-refractivity contribution in [1.29, 1.82) is 0 Å². The van der Waals surface area contributed by atoms with Gasteiger partial charge in [-0.3, -0.25) is 15.0 Å². The zero-order valence-corrected chi connectivity index (χ0v) is 18.9. The topological polar surface area (TPSA) is 50.7 Å². The number of benzene rings is 2. The first-order valence-electron chi connectivity index (χ1n) is 10.9. The van der Waals surface area contributed by atoms with Gasteiger partial charge in [-0.1, -0.05) is 53.4 Å². The van der Waals surface area contributed by atoms with Gasteiger partial charge in [0, 0.05) is 40.5 Å². The molecule has 0 spiro atoms. The quantitative estimate of drug-likeness (QED) is 0.333. The normalized spacial score (nSPS) is 15.6. The second kappa shape index (κ2) is 9.15. The molecule has 1 saturated carbocycles. The summed E-state index contributed by atoms with van der Waals surface area (Å²) in [4.78, 5) is 13.6. The van der Waals surface area contributed by atoms with Gasteiger partial charge in [-0.05, 0) is 60.2 Å². The van der Waals surface area contributed by atoms with Crippen molar-refractivity contribution in [2.75, 3.05) is 5.32 Å². The molecular weight excluding hydrogens is 448 g/mol. The molecule has 5 heteroatoms. The van der Waals surface area contributed by atoms with Crippen LogP contribution in [0.4, 0.5) is 5.69 Å². The van der Waals surface area contributed by atoms with Crippen LogP contribution in [0.3, 0.4) is 0 Å². The number of aromatic nitrogens is 3. The van der Waals surface area contributed by atoms with Gasteiger partial charge < -0.3 is 5.32 Å². The van der Waals surface area contributed by atoms with Gasteiger partial charge in [0.2, 0.25) is 0 Å². The molecule has 2 heterocycles. The molecule has 1 N–H and O–H groups in total. The minimum atomic E-state index is 0.237. The molecule has 1 fully saturated rings. The number of pyridine rings is 1. The molecule has 1 atom stereocenters. The Morgan fingerprint density at radius 3 is 2.48 bits per heavy atom. The second-order valence-corrected chi connectivity index (χ2v) is 9.18. The van der Waals surface area contributed by atoms with E-state index in [4.69, 9.17) is 0 Å². The lowest BCUT2D eigenvalue weighted by atomic mass is 9.81. The van der Waals surface area contributed by atoms with Gasteiger partial charge in [0.25, 0.3) is 0 Å². The standard InChI is InChI=1S/C26H25BrN4/c27-21-10-8-18(9-11-21)23-15-22(16-24-26(23)30-14-13-29-24)31-25(19-5-2-1-3-6-19)20-7-4-12-28-17-20/h4,7-17,19,25,31H,1-3,5-6H2. The van der Waals surface area contributed by atoms with Crippen molar-refractivity contribution in [1.82, 2.24) is 15.0 Å². The minimum absolute atomic E-state index is 0.237. The van der Waals surface area contributed by atoms with Crippen LogP contribution in [0.2, 0.25) is 0 Å². The minimum Gasteiger partial charge on any atom is -0.378 e. The van der Waals surface area contributed by atoms with Crippen LogP contribution in [-0.4, -0.2) is 15.0 Å². The van der Waals surface area contributed by atoms with E-state index in [1.807, 2.05) is 18.5 Å². The molecular formula is C26H25BrN4. The number of nitrogens with zero attached hydrogens (tertiary/aromatic N) is 3. The first-order valence-corrected chi connectivity index (χ1v) is 11.7. The number of hydrogen-bond donors (Lipinski definition) is 1. The van der Waals surface area contributed by atoms with Gasteiger partial charge >= 0.3 is 0 Å². The molecule has 0 radical (unpaired) electrons. The van der Waals surface area contributed by atoms with Crippen molar-refractivity contribution < 1.29 is 0 Å². The number of rotatable bonds is 5. The highest BCUT2D eigenvalue weighted by atomic mass is 79.9. The van der Waals surface area contributed by atoms with Crippen LogP contribution < -0.4 is 5.32 Å². The van der Waals surface area contributed by atoms with E-state index in [2.05, 4.69) is 78.7 Å². The molecule has 0 aliphatic heterocycles. The Balaban J connectivity index is 1.57. The lowest BCUT2D eigenvalue weighted by Crippen LogP contribution is -2.23. The summed E-state index contributed by atoms with van der Waals surface area (Å²) in [6.07, 6.45) is 13.8. The zero-order valence-electron chi connectivity index (χ0n) is 17.3. The van der Waals surface area contributed by atoms with E-state index in [-0.39, 0.29) is 6.04 Å². The summed E-state index contributed by atoms with van der Waals surface area (Å²) < 4.78 is 1.06. The maximum absolute atomic E-state index is 4.64. The number of halogens is 1. The largest absolute Gasteiger partial charge is 0.378 e. The molecule has 0 amide bonds. The van der Waals surface area contributed by atoms with Gasteiger partial charge in [0.1, 0.15) is 0 Å². The molecule has 31 heavy (non-hydrogen) atoms. The third-order valence-electron chi connectivity index (χ3n) is 6.22. The van der Waals surface area contributed by atoms with E-state index >= 15 is 0 Å². The van der Waals surface area contributed by atoms with E-state index in [1.54, 1.807) is 12.4 Å². The molecule has 4 aromatic rings. The Kier molecular flexibility index (Phi) is 5.94. The lowest BCUT2D eigenvalue weighted by molar-refractivity contribution is 0.320. The SMILES string of the molecule is Brc1ccc(-c2cc(NC(c3cccnc3)C3CCCCC3)cc3nccnc23)cc1. The van der Waals surface area contributed by atoms with Crippen molar-refractivity contribution in [2.24, 2.45) is 5.92 Å². The van der Waals surface area contributed by atoms with Gasteiger partial charge in [-0.2, -0.15) is 0 Å². The lowest BCUT2D eigenvalue weighted by Gasteiger charge is -2.32. The fourth-order valence-corrected chi connectivity index (χ4v) is 4.95. The molecule has 0 saturated heterocycles. The fourth-order valence-electron chi connectivity index (χ4n) is 4.69. The molecule has 1 unspecified atom stereocenters. The van der Waals surface area contributed by atoms with E-state index in [0.29, 0.717) is 5.92 Å². The predicted octanol–water partition coefficient (Wildman–Crippen LogP) is 7.19. The Morgan fingerprint density at radius 2 is 1.71 bits per heavy atom. The van der Waals surface area contributed by atoms with E-state index in [0.717, 1.165) is 32.3 Å². The van der Waals surface area contributed by atoms with Crippen LogP contribution in [0.1, 0.15) is 43.7 Å². The average Bonchev–Trinajstić information content (AvgIpc) is 2.84. The Bertz CT molecular complexity index is 1160. The fraction of sp³-hybridized carbons (Fsp3) is 0.269. The van der Waals surface area contributed by atoms with E-state index in [9.17, 15) is 0 Å². The first-order chi connectivity index (χ1) is 15.3. The van der Waals surface area contributed by atoms with Crippen LogP contribution in [0.25, 0.3) is 22.2 Å². The molecule has 2 aromatic carbocycles. The van der Waals surface area contributed by atoms with Gasteiger partial charge in [-0.25, -0.2) is 0 Å². The maximum Gasteiger partial charge on any atom is 0.0966 e. The van der Waals surface area contributed by atoms with Crippen molar-refractivity contribution in [2.45, 2.75) is 38.1 Å². The molecule has 156 valence electrons. The van der Waals surface area contributed by atoms with Crippen LogP contribution in [-0.2, 0) is 0 Å². The monoisotopic (exact) mass is 472 g/mol. The predicted molar refractivity (Wildman–Crippen MR) is 130 cm³/mol. The Morgan fingerprint density at radius 1 is 0.903 bits per heavy atom. The van der Waals surface area contributed by atoms with Gasteiger partial charge in [0.05, 0.1) is 17.1 Å². The summed E-state index contributed by atoms with van der Waals surface area (Å²) in [6, 6.07) is 17.2. The molecule has 4 nitrogen and oxygen atoms in total. The van der Waals surface area contributed by atoms with Gasteiger partial charge in [-0.15, -0.1) is 0 Å². The van der Waals surface area contributed by atoms with Crippen molar-refractivity contribution in [3.63, 3.8) is 0 Å². The van der Waals surface area contributed by atoms with Crippen molar-refractivity contribution in [3.8, 4) is 11.1 Å². The second-order valence-electron chi connectivity index (χ2n) is 8.26. The molecule has 1 aliphatic rings. The summed E-state index contributed by atoms with van der Waals surface area (Å²) >= 11 is 3.54. The summed E-state index contributed by atoms with van der Waals surface area (Å²) in [5.41, 5.74) is 6.37. The Labute approximate surface area is 191 Å². The van der Waals surface area contributed by atoms with Crippen LogP contribution in [0.5, 0.6) is 0 Å². The highest BCUT2D eigenvalue weighted by molar-refractivity contribution is 9.10. The summed E-state index contributed by atoms with van der Waals surface area (Å²) in [5.74, 6) is 0.603. The van der Waals surface area contributed by atoms with Gasteiger partial charge in [0.15, 0.2) is 0 Å². The average molecular weight is 473 g/mol. The molecule has 2 aromatic heterocycles. The van der Waals surface area contributed by atoms with Crippen LogP contribution >= 0.6 is 15.9 Å². The summed E-state index contributed by atoms with van der Waals surface area (Å²) in [7, 11) is 0. The number of fused-ring (bicyclic) bond motifs is 1. The first kappa shape index (κ1) is 20.1. The highest BCUT2D eigenvalue weighted by Gasteiger charge is 2.25. The number of nitrogens with one attached hydrogen (secondary N) is 1. The highest BCUT2D eigenvalue weighted by Crippen LogP contribution is 2.38. The zero-order chi connectivity index (χ0) is 21.0. The summed E-state index contributed by atoms with van der Waals surface area (Å²) in [6.45, 7) is 0. The third-order valence-corrected chi connectivity index (χ3v) is 6.74. The maximum atomic E-state index is 4.64. The summed E-state index contributed by atoms with van der Waals surface area (Å²) in [5, 5.41) is 3.86. The number of anilines is 1. The molecule has 1 aliphatic carbocycles. The molecule has 0 bridgehead atoms. The van der Waals surface area contributed by atoms with Crippen LogP contribution in [0, 0.1) is 5.92 Å². The van der Waals surface area contributed by atoms with Crippen LogP contribution in [0.15, 0.2) is 77.8 Å². The Hall–Kier alpha value is -2.79. The van der Waals surface area contributed by atoms with E-state index in [1.165, 1.54) is 37.7 Å². The van der Waals surface area contributed by atoms with Crippen molar-refractivity contribution in [3.05, 3.63) is 83.4 Å². The number of hydrogen-bond acceptors (Lipinski definition) is 4. The smallest absolute Gasteiger partial charge is 0.0966 e.